The van der Waals surface area contributed by atoms with E-state index in [2.05, 4.69) is 5.32 Å². The van der Waals surface area contributed by atoms with Crippen LogP contribution in [0.3, 0.4) is 0 Å². The molecular weight excluding hydrogens is 246 g/mol. The Kier molecular flexibility index (Phi) is 4.65. The van der Waals surface area contributed by atoms with Crippen molar-refractivity contribution in [3.63, 3.8) is 0 Å². The van der Waals surface area contributed by atoms with Crippen molar-refractivity contribution >= 4 is 23.2 Å². The molecule has 2 rings (SSSR count). The summed E-state index contributed by atoms with van der Waals surface area (Å²) in [5.74, 6) is 0.864. The molecule has 1 N–H and O–H groups in total. The van der Waals surface area contributed by atoms with Gasteiger partial charge in [-0.3, -0.25) is 4.79 Å². The second-order valence-electron chi connectivity index (χ2n) is 5.20. The van der Waals surface area contributed by atoms with Crippen molar-refractivity contribution in [1.82, 2.24) is 0 Å². The highest BCUT2D eigenvalue weighted by molar-refractivity contribution is 6.31. The van der Waals surface area contributed by atoms with Crippen LogP contribution in [-0.2, 0) is 4.79 Å². The van der Waals surface area contributed by atoms with E-state index in [1.54, 1.807) is 0 Å². The van der Waals surface area contributed by atoms with Crippen LogP contribution in [0.1, 0.15) is 44.1 Å². The van der Waals surface area contributed by atoms with Crippen LogP contribution in [0.4, 0.5) is 5.69 Å². The molecule has 0 aromatic heterocycles. The summed E-state index contributed by atoms with van der Waals surface area (Å²) in [7, 11) is 0. The number of rotatable bonds is 4. The average Bonchev–Trinajstić information content (AvgIpc) is 2.84. The monoisotopic (exact) mass is 265 g/mol. The van der Waals surface area contributed by atoms with Crippen LogP contribution in [0.2, 0.25) is 5.02 Å². The molecule has 1 aliphatic carbocycles. The number of nitrogens with one attached hydrogen (secondary N) is 1. The van der Waals surface area contributed by atoms with Gasteiger partial charge in [0.15, 0.2) is 0 Å². The Morgan fingerprint density at radius 1 is 1.39 bits per heavy atom. The maximum Gasteiger partial charge on any atom is 0.224 e. The molecule has 98 valence electrons. The van der Waals surface area contributed by atoms with E-state index in [0.717, 1.165) is 23.6 Å². The van der Waals surface area contributed by atoms with Crippen molar-refractivity contribution in [1.29, 1.82) is 0 Å². The van der Waals surface area contributed by atoms with Gasteiger partial charge in [-0.05, 0) is 37.0 Å². The third kappa shape index (κ3) is 3.74. The molecule has 0 bridgehead atoms. The zero-order valence-corrected chi connectivity index (χ0v) is 11.6. The Morgan fingerprint density at radius 3 is 2.83 bits per heavy atom. The number of hydrogen-bond acceptors (Lipinski definition) is 1. The van der Waals surface area contributed by atoms with Crippen molar-refractivity contribution in [2.45, 2.75) is 45.4 Å². The van der Waals surface area contributed by atoms with Crippen LogP contribution in [0.25, 0.3) is 0 Å². The van der Waals surface area contributed by atoms with Gasteiger partial charge in [0.25, 0.3) is 0 Å². The molecule has 1 amide bonds. The minimum Gasteiger partial charge on any atom is -0.326 e. The maximum atomic E-state index is 11.9. The quantitative estimate of drug-likeness (QED) is 0.850. The summed E-state index contributed by atoms with van der Waals surface area (Å²) in [4.78, 5) is 11.9. The summed E-state index contributed by atoms with van der Waals surface area (Å²) in [5.41, 5.74) is 1.88. The summed E-state index contributed by atoms with van der Waals surface area (Å²) >= 11 is 5.93. The number of aryl methyl sites for hydroxylation is 1. The van der Waals surface area contributed by atoms with E-state index in [1.165, 1.54) is 25.7 Å². The van der Waals surface area contributed by atoms with Gasteiger partial charge in [-0.15, -0.1) is 0 Å². The Labute approximate surface area is 114 Å². The number of carbonyl (C=O) groups is 1. The number of carbonyl (C=O) groups excluding carboxylic acids is 1. The Morgan fingerprint density at radius 2 is 2.11 bits per heavy atom. The summed E-state index contributed by atoms with van der Waals surface area (Å²) in [6.07, 6.45) is 6.90. The van der Waals surface area contributed by atoms with E-state index in [4.69, 9.17) is 11.6 Å². The molecule has 0 aliphatic heterocycles. The molecular formula is C15H20ClNO. The molecule has 0 saturated heterocycles. The fourth-order valence-electron chi connectivity index (χ4n) is 2.58. The molecule has 0 spiro atoms. The van der Waals surface area contributed by atoms with Gasteiger partial charge in [0.1, 0.15) is 0 Å². The van der Waals surface area contributed by atoms with E-state index < -0.39 is 0 Å². The third-order valence-electron chi connectivity index (χ3n) is 3.73. The third-order valence-corrected chi connectivity index (χ3v) is 3.96. The first kappa shape index (κ1) is 13.4. The predicted octanol–water partition coefficient (Wildman–Crippen LogP) is 4.56. The molecule has 1 aliphatic rings. The molecule has 1 fully saturated rings. The lowest BCUT2D eigenvalue weighted by Crippen LogP contribution is -2.13. The van der Waals surface area contributed by atoms with Gasteiger partial charge in [0.2, 0.25) is 5.91 Å². The van der Waals surface area contributed by atoms with Gasteiger partial charge in [0, 0.05) is 17.1 Å². The molecule has 1 saturated carbocycles. The summed E-state index contributed by atoms with van der Waals surface area (Å²) in [6, 6.07) is 5.57. The average molecular weight is 266 g/mol. The second kappa shape index (κ2) is 6.24. The Hall–Kier alpha value is -1.02. The van der Waals surface area contributed by atoms with Crippen molar-refractivity contribution in [2.24, 2.45) is 5.92 Å². The first-order chi connectivity index (χ1) is 8.65. The highest BCUT2D eigenvalue weighted by Gasteiger charge is 2.16. The summed E-state index contributed by atoms with van der Waals surface area (Å²) in [6.45, 7) is 1.98. The summed E-state index contributed by atoms with van der Waals surface area (Å²) in [5, 5.41) is 3.61. The van der Waals surface area contributed by atoms with E-state index in [1.807, 2.05) is 25.1 Å². The molecule has 1 aromatic carbocycles. The summed E-state index contributed by atoms with van der Waals surface area (Å²) < 4.78 is 0. The van der Waals surface area contributed by atoms with Crippen molar-refractivity contribution < 1.29 is 4.79 Å². The van der Waals surface area contributed by atoms with Gasteiger partial charge >= 0.3 is 0 Å². The fourth-order valence-corrected chi connectivity index (χ4v) is 2.75. The number of anilines is 1. The molecule has 0 radical (unpaired) electrons. The van der Waals surface area contributed by atoms with Crippen LogP contribution in [0, 0.1) is 12.8 Å². The zero-order chi connectivity index (χ0) is 13.0. The van der Waals surface area contributed by atoms with E-state index in [-0.39, 0.29) is 5.91 Å². The lowest BCUT2D eigenvalue weighted by Gasteiger charge is -2.11. The van der Waals surface area contributed by atoms with Gasteiger partial charge in [-0.1, -0.05) is 43.4 Å². The first-order valence-corrected chi connectivity index (χ1v) is 7.09. The molecule has 0 unspecified atom stereocenters. The second-order valence-corrected chi connectivity index (χ2v) is 5.63. The Bertz CT molecular complexity index is 425. The standard InChI is InChI=1S/C15H20ClNO/c1-11-6-8-13(16)10-14(11)17-15(18)9-7-12-4-2-3-5-12/h6,8,10,12H,2-5,7,9H2,1H3,(H,17,18). The molecule has 18 heavy (non-hydrogen) atoms. The van der Waals surface area contributed by atoms with Gasteiger partial charge in [-0.2, -0.15) is 0 Å². The van der Waals surface area contributed by atoms with Crippen LogP contribution in [0.5, 0.6) is 0 Å². The minimum atomic E-state index is 0.104. The fraction of sp³-hybridized carbons (Fsp3) is 0.533. The molecule has 0 atom stereocenters. The number of amides is 1. The van der Waals surface area contributed by atoms with Crippen LogP contribution in [-0.4, -0.2) is 5.91 Å². The van der Waals surface area contributed by atoms with Crippen molar-refractivity contribution in [3.8, 4) is 0 Å². The van der Waals surface area contributed by atoms with Gasteiger partial charge < -0.3 is 5.32 Å². The van der Waals surface area contributed by atoms with Crippen molar-refractivity contribution in [2.75, 3.05) is 5.32 Å². The topological polar surface area (TPSA) is 29.1 Å². The van der Waals surface area contributed by atoms with Crippen molar-refractivity contribution in [3.05, 3.63) is 28.8 Å². The van der Waals surface area contributed by atoms with E-state index in [9.17, 15) is 4.79 Å². The molecule has 2 nitrogen and oxygen atoms in total. The van der Waals surface area contributed by atoms with E-state index >= 15 is 0 Å². The SMILES string of the molecule is Cc1ccc(Cl)cc1NC(=O)CCC1CCCC1. The van der Waals surface area contributed by atoms with Gasteiger partial charge in [-0.25, -0.2) is 0 Å². The van der Waals surface area contributed by atoms with Gasteiger partial charge in [0.05, 0.1) is 0 Å². The highest BCUT2D eigenvalue weighted by atomic mass is 35.5. The number of benzene rings is 1. The Balaban J connectivity index is 1.84. The number of hydrogen-bond donors (Lipinski definition) is 1. The maximum absolute atomic E-state index is 11.9. The first-order valence-electron chi connectivity index (χ1n) is 6.71. The highest BCUT2D eigenvalue weighted by Crippen LogP contribution is 2.28. The normalized spacial score (nSPS) is 15.9. The molecule has 1 aromatic rings. The van der Waals surface area contributed by atoms with Crippen LogP contribution >= 0.6 is 11.6 Å². The van der Waals surface area contributed by atoms with Crippen LogP contribution in [0.15, 0.2) is 18.2 Å². The van der Waals surface area contributed by atoms with Crippen LogP contribution < -0.4 is 5.32 Å². The zero-order valence-electron chi connectivity index (χ0n) is 10.8. The predicted molar refractivity (Wildman–Crippen MR) is 76.0 cm³/mol. The molecule has 3 heteroatoms. The smallest absolute Gasteiger partial charge is 0.224 e. The minimum absolute atomic E-state index is 0.104. The van der Waals surface area contributed by atoms with E-state index in [0.29, 0.717) is 11.4 Å². The lowest BCUT2D eigenvalue weighted by molar-refractivity contribution is -0.116. The largest absolute Gasteiger partial charge is 0.326 e. The molecule has 0 heterocycles. The lowest BCUT2D eigenvalue weighted by atomic mass is 10.0. The number of halogens is 1.